The van der Waals surface area contributed by atoms with Crippen LogP contribution in [-0.2, 0) is 9.84 Å². The predicted octanol–water partition coefficient (Wildman–Crippen LogP) is 1.99. The van der Waals surface area contributed by atoms with Crippen LogP contribution in [0.5, 0.6) is 0 Å². The van der Waals surface area contributed by atoms with Crippen molar-refractivity contribution in [2.24, 2.45) is 0 Å². The Kier molecular flexibility index (Phi) is 4.16. The number of aromatic amines is 1. The minimum Gasteiger partial charge on any atom is -0.338 e. The fraction of sp³-hybridized carbons (Fsp3) is 0.333. The third-order valence-corrected chi connectivity index (χ3v) is 6.08. The summed E-state index contributed by atoms with van der Waals surface area (Å²) in [6.07, 6.45) is 1.94. The molecule has 0 bridgehead atoms. The Morgan fingerprint density at radius 2 is 2.04 bits per heavy atom. The van der Waals surface area contributed by atoms with Crippen LogP contribution in [0.1, 0.15) is 16.8 Å². The minimum atomic E-state index is -3.04. The number of hydrogen-bond donors (Lipinski definition) is 1. The second-order valence-electron chi connectivity index (χ2n) is 5.64. The quantitative estimate of drug-likeness (QED) is 0.914. The van der Waals surface area contributed by atoms with E-state index in [1.165, 1.54) is 11.1 Å². The summed E-state index contributed by atoms with van der Waals surface area (Å²) in [5, 5.41) is 7.39. The molecule has 1 amide bonds. The summed E-state index contributed by atoms with van der Waals surface area (Å²) in [6, 6.07) is 6.78. The van der Waals surface area contributed by atoms with E-state index >= 15 is 0 Å². The molecule has 1 aromatic carbocycles. The van der Waals surface area contributed by atoms with E-state index in [0.29, 0.717) is 22.7 Å². The van der Waals surface area contributed by atoms with Gasteiger partial charge in [-0.1, -0.05) is 23.7 Å². The molecule has 0 aliphatic carbocycles. The maximum absolute atomic E-state index is 12.7. The fourth-order valence-electron chi connectivity index (χ4n) is 2.72. The Hall–Kier alpha value is -1.86. The lowest BCUT2D eigenvalue weighted by Crippen LogP contribution is -2.37. The van der Waals surface area contributed by atoms with Gasteiger partial charge in [0.25, 0.3) is 5.91 Å². The molecule has 1 unspecified atom stereocenters. The molecule has 1 aromatic heterocycles. The average Bonchev–Trinajstić information content (AvgIpc) is 3.13. The van der Waals surface area contributed by atoms with Crippen molar-refractivity contribution < 1.29 is 13.2 Å². The third kappa shape index (κ3) is 3.25. The number of sulfone groups is 1. The molecule has 1 atom stereocenters. The van der Waals surface area contributed by atoms with Crippen molar-refractivity contribution in [3.05, 3.63) is 41.0 Å². The number of amides is 1. The number of carbonyl (C=O) groups excluding carboxylic acids is 1. The molecule has 122 valence electrons. The summed E-state index contributed by atoms with van der Waals surface area (Å²) in [6.45, 7) is 0. The monoisotopic (exact) mass is 353 g/mol. The molecule has 0 saturated carbocycles. The summed E-state index contributed by atoms with van der Waals surface area (Å²) in [7, 11) is -1.41. The van der Waals surface area contributed by atoms with Crippen LogP contribution in [0.15, 0.2) is 30.5 Å². The highest BCUT2D eigenvalue weighted by Gasteiger charge is 2.34. The van der Waals surface area contributed by atoms with Gasteiger partial charge in [0.05, 0.1) is 29.0 Å². The van der Waals surface area contributed by atoms with Gasteiger partial charge in [-0.2, -0.15) is 5.10 Å². The Labute approximate surface area is 139 Å². The van der Waals surface area contributed by atoms with E-state index in [1.54, 1.807) is 31.3 Å². The first-order chi connectivity index (χ1) is 10.9. The van der Waals surface area contributed by atoms with Crippen LogP contribution >= 0.6 is 11.6 Å². The zero-order valence-corrected chi connectivity index (χ0v) is 14.1. The summed E-state index contributed by atoms with van der Waals surface area (Å²) >= 11 is 5.88. The van der Waals surface area contributed by atoms with Crippen molar-refractivity contribution in [3.8, 4) is 11.3 Å². The van der Waals surface area contributed by atoms with Crippen LogP contribution in [0, 0.1) is 0 Å². The van der Waals surface area contributed by atoms with Crippen molar-refractivity contribution in [2.75, 3.05) is 18.6 Å². The first-order valence-corrected chi connectivity index (χ1v) is 9.34. The number of H-pyrrole nitrogens is 1. The van der Waals surface area contributed by atoms with E-state index in [9.17, 15) is 13.2 Å². The molecule has 8 heteroatoms. The number of nitrogens with zero attached hydrogens (tertiary/aromatic N) is 2. The van der Waals surface area contributed by atoms with Gasteiger partial charge >= 0.3 is 0 Å². The Bertz CT molecular complexity index is 830. The van der Waals surface area contributed by atoms with Crippen molar-refractivity contribution in [2.45, 2.75) is 12.5 Å². The van der Waals surface area contributed by atoms with Gasteiger partial charge in [-0.05, 0) is 18.6 Å². The van der Waals surface area contributed by atoms with Crippen LogP contribution in [0.25, 0.3) is 11.3 Å². The summed E-state index contributed by atoms with van der Waals surface area (Å²) in [4.78, 5) is 14.2. The first kappa shape index (κ1) is 16.0. The van der Waals surface area contributed by atoms with Gasteiger partial charge in [0.2, 0.25) is 0 Å². The van der Waals surface area contributed by atoms with Gasteiger partial charge in [-0.15, -0.1) is 0 Å². The highest BCUT2D eigenvalue weighted by molar-refractivity contribution is 7.91. The predicted molar refractivity (Wildman–Crippen MR) is 88.2 cm³/mol. The topological polar surface area (TPSA) is 83.1 Å². The average molecular weight is 354 g/mol. The molecule has 6 nitrogen and oxygen atoms in total. The van der Waals surface area contributed by atoms with Crippen LogP contribution in [-0.4, -0.2) is 54.0 Å². The van der Waals surface area contributed by atoms with Gasteiger partial charge in [-0.3, -0.25) is 9.89 Å². The van der Waals surface area contributed by atoms with Gasteiger partial charge in [0, 0.05) is 23.7 Å². The molecule has 1 N–H and O–H groups in total. The molecule has 3 rings (SSSR count). The second-order valence-corrected chi connectivity index (χ2v) is 8.30. The lowest BCUT2D eigenvalue weighted by molar-refractivity contribution is 0.0748. The van der Waals surface area contributed by atoms with E-state index < -0.39 is 9.84 Å². The molecule has 1 saturated heterocycles. The number of halogens is 1. The molecular formula is C15H16ClN3O3S. The van der Waals surface area contributed by atoms with E-state index in [2.05, 4.69) is 10.2 Å². The zero-order valence-electron chi connectivity index (χ0n) is 12.5. The zero-order chi connectivity index (χ0) is 16.6. The van der Waals surface area contributed by atoms with Gasteiger partial charge in [0.1, 0.15) is 0 Å². The molecule has 0 spiro atoms. The van der Waals surface area contributed by atoms with Crippen molar-refractivity contribution in [1.29, 1.82) is 0 Å². The van der Waals surface area contributed by atoms with Crippen LogP contribution in [0.2, 0.25) is 5.02 Å². The maximum atomic E-state index is 12.7. The first-order valence-electron chi connectivity index (χ1n) is 7.14. The Morgan fingerprint density at radius 3 is 2.65 bits per heavy atom. The van der Waals surface area contributed by atoms with Crippen molar-refractivity contribution >= 4 is 27.3 Å². The minimum absolute atomic E-state index is 0.0172. The van der Waals surface area contributed by atoms with Crippen LogP contribution in [0.4, 0.5) is 0 Å². The SMILES string of the molecule is CN(C(=O)c1cn[nH]c1-c1ccc(Cl)cc1)C1CCS(=O)(=O)C1. The highest BCUT2D eigenvalue weighted by Crippen LogP contribution is 2.25. The number of aromatic nitrogens is 2. The van der Waals surface area contributed by atoms with Gasteiger partial charge in [-0.25, -0.2) is 8.42 Å². The lowest BCUT2D eigenvalue weighted by atomic mass is 10.1. The van der Waals surface area contributed by atoms with Gasteiger partial charge < -0.3 is 4.90 Å². The summed E-state index contributed by atoms with van der Waals surface area (Å²) < 4.78 is 23.2. The van der Waals surface area contributed by atoms with Crippen LogP contribution < -0.4 is 0 Å². The molecule has 2 heterocycles. The van der Waals surface area contributed by atoms with E-state index in [-0.39, 0.29) is 23.5 Å². The lowest BCUT2D eigenvalue weighted by Gasteiger charge is -2.23. The second kappa shape index (κ2) is 5.98. The number of rotatable bonds is 3. The molecular weight excluding hydrogens is 338 g/mol. The normalized spacial score (nSPS) is 19.7. The smallest absolute Gasteiger partial charge is 0.257 e. The number of benzene rings is 1. The molecule has 2 aromatic rings. The number of carbonyl (C=O) groups is 1. The fourth-order valence-corrected chi connectivity index (χ4v) is 4.62. The highest BCUT2D eigenvalue weighted by atomic mass is 35.5. The summed E-state index contributed by atoms with van der Waals surface area (Å²) in [5.41, 5.74) is 1.81. The molecule has 1 aliphatic rings. The standard InChI is InChI=1S/C15H16ClN3O3S/c1-19(12-6-7-23(21,22)9-12)15(20)13-8-17-18-14(13)10-2-4-11(16)5-3-10/h2-5,8,12H,6-7,9H2,1H3,(H,17,18). The summed E-state index contributed by atoms with van der Waals surface area (Å²) in [5.74, 6) is -0.0977. The largest absolute Gasteiger partial charge is 0.338 e. The van der Waals surface area contributed by atoms with Crippen molar-refractivity contribution in [1.82, 2.24) is 15.1 Å². The Morgan fingerprint density at radius 1 is 1.35 bits per heavy atom. The molecule has 0 radical (unpaired) electrons. The van der Waals surface area contributed by atoms with E-state index in [4.69, 9.17) is 11.6 Å². The van der Waals surface area contributed by atoms with Crippen LogP contribution in [0.3, 0.4) is 0 Å². The van der Waals surface area contributed by atoms with Crippen molar-refractivity contribution in [3.63, 3.8) is 0 Å². The van der Waals surface area contributed by atoms with E-state index in [0.717, 1.165) is 5.56 Å². The maximum Gasteiger partial charge on any atom is 0.257 e. The number of nitrogens with one attached hydrogen (secondary N) is 1. The Balaban J connectivity index is 1.86. The molecule has 23 heavy (non-hydrogen) atoms. The molecule has 1 fully saturated rings. The van der Waals surface area contributed by atoms with E-state index in [1.807, 2.05) is 0 Å². The third-order valence-electron chi connectivity index (χ3n) is 4.08. The van der Waals surface area contributed by atoms with Gasteiger partial charge in [0.15, 0.2) is 9.84 Å². The number of hydrogen-bond acceptors (Lipinski definition) is 4. The molecule has 1 aliphatic heterocycles.